The van der Waals surface area contributed by atoms with Crippen molar-refractivity contribution in [3.63, 3.8) is 0 Å². The van der Waals surface area contributed by atoms with Crippen LogP contribution in [0, 0.1) is 0 Å². The molecule has 3 aromatic rings. The molecule has 0 aliphatic carbocycles. The molecule has 6 bridgehead atoms. The maximum Gasteiger partial charge on any atom is 2.00 e. The maximum atomic E-state index is 13.7. The molecule has 1 aliphatic heterocycles. The van der Waals surface area contributed by atoms with Gasteiger partial charge in [-0.3, -0.25) is 9.59 Å². The first-order valence-electron chi connectivity index (χ1n) is 15.7. The minimum atomic E-state index is -0.566. The van der Waals surface area contributed by atoms with Crippen molar-refractivity contribution < 1.29 is 29.1 Å². The average molecular weight is 754 g/mol. The largest absolute Gasteiger partial charge is 2.00 e. The van der Waals surface area contributed by atoms with Gasteiger partial charge in [-0.1, -0.05) is 0 Å². The number of rotatable bonds is 8. The zero-order chi connectivity index (χ0) is 37.5. The predicted molar refractivity (Wildman–Crippen MR) is 198 cm³/mol. The van der Waals surface area contributed by atoms with Crippen LogP contribution in [0.3, 0.4) is 0 Å². The summed E-state index contributed by atoms with van der Waals surface area (Å²) in [5.74, 6) is -0.984. The number of hydrogen-bond acceptors (Lipinski definition) is 14. The number of carbonyl (C=O) groups excluding carboxylic acids is 2. The zero-order valence-electron chi connectivity index (χ0n) is 32.7. The van der Waals surface area contributed by atoms with E-state index < -0.39 is 11.8 Å². The second-order valence-corrected chi connectivity index (χ2v) is 13.3. The summed E-state index contributed by atoms with van der Waals surface area (Å²) in [5, 5.41) is 0. The van der Waals surface area contributed by atoms with Gasteiger partial charge in [0.2, 0.25) is 0 Å². The number of anilines is 4. The first-order chi connectivity index (χ1) is 23.3. The van der Waals surface area contributed by atoms with Crippen molar-refractivity contribution in [2.24, 2.45) is 0 Å². The van der Waals surface area contributed by atoms with E-state index in [1.165, 1.54) is 9.80 Å². The number of carbonyl (C=O) groups is 2. The Labute approximate surface area is 312 Å². The summed E-state index contributed by atoms with van der Waals surface area (Å²) < 4.78 is 0. The summed E-state index contributed by atoms with van der Waals surface area (Å²) in [6.45, 7) is 0. The minimum absolute atomic E-state index is 0. The zero-order valence-corrected chi connectivity index (χ0v) is 35.6. The standard InChI is InChI=1S/C32H49N16O2.Zn/c1-41(2)17-18(42(3)4)24-33-23(17)34-25-19(43(5)6)21(45(9)10)27(36-25)38-29(31(49)47(13)14)40-30(32(50)48(15)16)39-28-22(46(11)12)20(44(7)8)26(35-24)37-28;/h1-16H3,(H-,33,34,35,36,37,38,39,40,49,50);/q-1;+2/p-1. The van der Waals surface area contributed by atoms with Gasteiger partial charge in [-0.25, -0.2) is 9.97 Å². The van der Waals surface area contributed by atoms with Crippen LogP contribution in [0.1, 0.15) is 32.9 Å². The Morgan fingerprint density at radius 3 is 0.902 bits per heavy atom. The predicted octanol–water partition coefficient (Wildman–Crippen LogP) is 0.454. The fourth-order valence-electron chi connectivity index (χ4n) is 5.34. The van der Waals surface area contributed by atoms with Crippen molar-refractivity contribution in [2.45, 2.75) is 0 Å². The van der Waals surface area contributed by atoms with E-state index in [9.17, 15) is 9.59 Å². The van der Waals surface area contributed by atoms with Crippen molar-refractivity contribution in [3.8, 4) is 0 Å². The number of aromatic nitrogens is 8. The maximum absolute atomic E-state index is 13.7. The third kappa shape index (κ3) is 7.82. The fraction of sp³-hybridized carbons (Fsp3) is 0.500. The molecule has 0 unspecified atom stereocenters. The Balaban J connectivity index is 0.00000702. The number of hydrogen-bond donors (Lipinski definition) is 0. The van der Waals surface area contributed by atoms with Crippen molar-refractivity contribution in [1.82, 2.24) is 59.5 Å². The molecule has 18 nitrogen and oxygen atoms in total. The van der Waals surface area contributed by atoms with Gasteiger partial charge in [-0.2, -0.15) is 0 Å². The van der Waals surface area contributed by atoms with Crippen LogP contribution >= 0.6 is 0 Å². The van der Waals surface area contributed by atoms with Crippen molar-refractivity contribution in [3.05, 3.63) is 23.3 Å². The molecule has 4 rings (SSSR count). The molecule has 0 saturated carbocycles. The quantitative estimate of drug-likeness (QED) is 0.291. The van der Waals surface area contributed by atoms with E-state index in [2.05, 4.69) is 4.98 Å². The van der Waals surface area contributed by atoms with Crippen molar-refractivity contribution in [1.29, 1.82) is 0 Å². The van der Waals surface area contributed by atoms with Crippen LogP contribution in [0.5, 0.6) is 0 Å². The summed E-state index contributed by atoms with van der Waals surface area (Å²) >= 11 is 0. The van der Waals surface area contributed by atoms with E-state index in [4.69, 9.17) is 34.9 Å². The van der Waals surface area contributed by atoms with Crippen molar-refractivity contribution in [2.75, 3.05) is 132 Å². The molecule has 0 saturated heterocycles. The minimum Gasteiger partial charge on any atom is -0.375 e. The Morgan fingerprint density at radius 1 is 0.392 bits per heavy atom. The second-order valence-electron chi connectivity index (χ2n) is 13.3. The molecule has 4 heterocycles. The monoisotopic (exact) mass is 752 g/mol. The molecule has 3 aromatic heterocycles. The Bertz CT molecular complexity index is 1850. The Morgan fingerprint density at radius 2 is 0.667 bits per heavy atom. The summed E-state index contributed by atoms with van der Waals surface area (Å²) in [6, 6.07) is 0. The third-order valence-corrected chi connectivity index (χ3v) is 7.52. The van der Waals surface area contributed by atoms with Crippen LogP contribution in [0.15, 0.2) is 0 Å². The van der Waals surface area contributed by atoms with E-state index in [0.717, 1.165) is 0 Å². The SMILES string of the molecule is CN(C)C(=O)c1nc(C(=O)N(C)C)nc2[n-]c(nc3nc(nc4[n-]c(n1)c(N(C)C)c4N(C)C)C(N(C)C)=C3N(C)C)c(N(C)C)c2N(C)C.[Zn+2]. The number of fused-ring (bicyclic) bond motifs is 6. The summed E-state index contributed by atoms with van der Waals surface area (Å²) in [4.78, 5) is 80.0. The van der Waals surface area contributed by atoms with Gasteiger partial charge in [-0.15, -0.1) is 0 Å². The van der Waals surface area contributed by atoms with Gasteiger partial charge in [0.25, 0.3) is 11.8 Å². The molecule has 51 heavy (non-hydrogen) atoms. The smallest absolute Gasteiger partial charge is 0.375 e. The molecule has 0 aromatic carbocycles. The fourth-order valence-corrected chi connectivity index (χ4v) is 5.34. The molecule has 0 fully saturated rings. The molecule has 270 valence electrons. The summed E-state index contributed by atoms with van der Waals surface area (Å²) in [7, 11) is 28.8. The van der Waals surface area contributed by atoms with Gasteiger partial charge in [0.1, 0.15) is 11.6 Å². The van der Waals surface area contributed by atoms with Gasteiger partial charge in [0, 0.05) is 135 Å². The molecule has 1 aliphatic rings. The molecule has 0 spiro atoms. The van der Waals surface area contributed by atoms with Gasteiger partial charge in [0.05, 0.1) is 34.1 Å². The summed E-state index contributed by atoms with van der Waals surface area (Å²) in [5.41, 5.74) is 4.83. The first-order valence-corrected chi connectivity index (χ1v) is 15.7. The van der Waals surface area contributed by atoms with Gasteiger partial charge in [0.15, 0.2) is 11.6 Å². The van der Waals surface area contributed by atoms with Crippen LogP contribution in [0.4, 0.5) is 22.7 Å². The normalized spacial score (nSPS) is 11.5. The molecule has 2 amide bonds. The number of nitrogens with zero attached hydrogens (tertiary/aromatic N) is 16. The molecule has 0 N–H and O–H groups in total. The third-order valence-electron chi connectivity index (χ3n) is 7.52. The van der Waals surface area contributed by atoms with Crippen molar-refractivity contribution >= 4 is 68.5 Å². The van der Waals surface area contributed by atoms with Crippen LogP contribution in [-0.2, 0) is 19.5 Å². The molecular weight excluding hydrogens is 706 g/mol. The van der Waals surface area contributed by atoms with E-state index in [0.29, 0.717) is 57.1 Å². The van der Waals surface area contributed by atoms with Gasteiger partial charge < -0.3 is 69.1 Å². The van der Waals surface area contributed by atoms with Crippen LogP contribution in [0.25, 0.3) is 34.0 Å². The van der Waals surface area contributed by atoms with E-state index in [1.54, 1.807) is 28.2 Å². The van der Waals surface area contributed by atoms with E-state index in [-0.39, 0.29) is 42.4 Å². The number of amides is 2. The Hall–Kier alpha value is -5.06. The topological polar surface area (TPSA) is 166 Å². The molecule has 0 radical (unpaired) electrons. The van der Waals surface area contributed by atoms with Crippen LogP contribution in [0.2, 0.25) is 0 Å². The van der Waals surface area contributed by atoms with E-state index in [1.807, 2.05) is 114 Å². The van der Waals surface area contributed by atoms with Gasteiger partial charge >= 0.3 is 19.5 Å². The first kappa shape index (κ1) is 40.4. The van der Waals surface area contributed by atoms with Gasteiger partial charge in [-0.05, 0) is 0 Å². The molecule has 19 heteroatoms. The average Bonchev–Trinajstić information content (AvgIpc) is 3.66. The van der Waals surface area contributed by atoms with Crippen LogP contribution in [-0.4, -0.2) is 174 Å². The Kier molecular flexibility index (Phi) is 12.2. The molecule has 0 atom stereocenters. The van der Waals surface area contributed by atoms with Crippen LogP contribution < -0.4 is 29.6 Å². The summed E-state index contributed by atoms with van der Waals surface area (Å²) in [6.07, 6.45) is 0. The van der Waals surface area contributed by atoms with E-state index >= 15 is 0 Å². The molecular formula is C32H48N16O2Zn. The second kappa shape index (κ2) is 15.5.